The van der Waals surface area contributed by atoms with Crippen LogP contribution in [0.15, 0.2) is 48.5 Å². The van der Waals surface area contributed by atoms with Crippen LogP contribution >= 0.6 is 0 Å². The first-order valence-corrected chi connectivity index (χ1v) is 9.93. The van der Waals surface area contributed by atoms with Gasteiger partial charge in [0.15, 0.2) is 0 Å². The van der Waals surface area contributed by atoms with E-state index in [9.17, 15) is 9.59 Å². The van der Waals surface area contributed by atoms with Gasteiger partial charge >= 0.3 is 0 Å². The lowest BCUT2D eigenvalue weighted by molar-refractivity contribution is -0.134. The van der Waals surface area contributed by atoms with Crippen LogP contribution in [0.5, 0.6) is 0 Å². The Morgan fingerprint density at radius 2 is 1.59 bits per heavy atom. The summed E-state index contributed by atoms with van der Waals surface area (Å²) in [6.07, 6.45) is 4.13. The number of benzene rings is 2. The summed E-state index contributed by atoms with van der Waals surface area (Å²) in [5.41, 5.74) is 3.51. The Balaban J connectivity index is 1.48. The van der Waals surface area contributed by atoms with E-state index in [-0.39, 0.29) is 17.9 Å². The van der Waals surface area contributed by atoms with Crippen LogP contribution in [0.2, 0.25) is 0 Å². The van der Waals surface area contributed by atoms with Crippen LogP contribution in [-0.2, 0) is 22.4 Å². The fraction of sp³-hybridized carbons (Fsp3) is 0.391. The lowest BCUT2D eigenvalue weighted by Crippen LogP contribution is -2.50. The summed E-state index contributed by atoms with van der Waals surface area (Å²) >= 11 is 0. The molecular weight excluding hydrogens is 336 g/mol. The molecule has 0 aromatic heterocycles. The number of carbonyl (C=O) groups excluding carboxylic acids is 2. The number of carbonyl (C=O) groups is 2. The van der Waals surface area contributed by atoms with Crippen molar-refractivity contribution in [2.24, 2.45) is 5.41 Å². The second kappa shape index (κ2) is 5.95. The molecule has 27 heavy (non-hydrogen) atoms. The minimum absolute atomic E-state index is 0.00349. The molecule has 2 heterocycles. The van der Waals surface area contributed by atoms with Crippen molar-refractivity contribution in [3.05, 3.63) is 59.7 Å². The number of rotatable bonds is 2. The van der Waals surface area contributed by atoms with E-state index in [2.05, 4.69) is 19.1 Å². The summed E-state index contributed by atoms with van der Waals surface area (Å²) in [5.74, 6) is -0.00997. The molecule has 5 rings (SSSR count). The Morgan fingerprint density at radius 3 is 2.33 bits per heavy atom. The zero-order chi connectivity index (χ0) is 18.6. The highest BCUT2D eigenvalue weighted by Gasteiger charge is 2.61. The molecule has 0 saturated heterocycles. The topological polar surface area (TPSA) is 40.6 Å². The molecule has 1 aliphatic carbocycles. The quantitative estimate of drug-likeness (QED) is 0.766. The van der Waals surface area contributed by atoms with Crippen LogP contribution in [0, 0.1) is 5.41 Å². The first kappa shape index (κ1) is 16.5. The molecule has 1 atom stereocenters. The third kappa shape index (κ3) is 2.43. The Kier molecular flexibility index (Phi) is 3.64. The van der Waals surface area contributed by atoms with Gasteiger partial charge in [-0.15, -0.1) is 0 Å². The number of fused-ring (bicyclic) bond motifs is 2. The van der Waals surface area contributed by atoms with E-state index in [0.717, 1.165) is 30.6 Å². The highest BCUT2D eigenvalue weighted by atomic mass is 16.2. The minimum atomic E-state index is -0.865. The van der Waals surface area contributed by atoms with Gasteiger partial charge in [-0.2, -0.15) is 0 Å². The Labute approximate surface area is 159 Å². The molecule has 4 nitrogen and oxygen atoms in total. The summed E-state index contributed by atoms with van der Waals surface area (Å²) in [4.78, 5) is 30.9. The Bertz CT molecular complexity index is 931. The molecule has 2 aliphatic heterocycles. The average Bonchev–Trinajstić information content (AvgIpc) is 3.44. The van der Waals surface area contributed by atoms with Crippen molar-refractivity contribution in [2.75, 3.05) is 16.3 Å². The predicted octanol–water partition coefficient (Wildman–Crippen LogP) is 3.72. The van der Waals surface area contributed by atoms with Crippen LogP contribution in [0.1, 0.15) is 37.3 Å². The lowest BCUT2D eigenvalue weighted by Gasteiger charge is -2.34. The number of para-hydroxylation sites is 2. The van der Waals surface area contributed by atoms with Crippen molar-refractivity contribution in [3.63, 3.8) is 0 Å². The van der Waals surface area contributed by atoms with Gasteiger partial charge in [0.25, 0.3) is 0 Å². The van der Waals surface area contributed by atoms with Gasteiger partial charge in [-0.1, -0.05) is 36.4 Å². The first-order chi connectivity index (χ1) is 13.1. The smallest absolute Gasteiger partial charge is 0.242 e. The fourth-order valence-electron chi connectivity index (χ4n) is 4.75. The number of nitrogens with zero attached hydrogens (tertiary/aromatic N) is 2. The number of anilines is 2. The zero-order valence-electron chi connectivity index (χ0n) is 15.6. The summed E-state index contributed by atoms with van der Waals surface area (Å²) in [6, 6.07) is 16.3. The highest BCUT2D eigenvalue weighted by molar-refractivity contribution is 6.19. The SMILES string of the molecule is CC1Cc2ccccc2N1C(=O)C1(C(=O)N2CCCc3ccccc32)CC1. The van der Waals surface area contributed by atoms with Crippen LogP contribution < -0.4 is 9.80 Å². The summed E-state index contributed by atoms with van der Waals surface area (Å²) in [7, 11) is 0. The van der Waals surface area contributed by atoms with Gasteiger partial charge in [-0.25, -0.2) is 0 Å². The van der Waals surface area contributed by atoms with E-state index in [1.807, 2.05) is 46.2 Å². The maximum absolute atomic E-state index is 13.6. The molecule has 1 fully saturated rings. The Morgan fingerprint density at radius 1 is 0.926 bits per heavy atom. The zero-order valence-corrected chi connectivity index (χ0v) is 15.6. The van der Waals surface area contributed by atoms with E-state index >= 15 is 0 Å². The average molecular weight is 360 g/mol. The third-order valence-electron chi connectivity index (χ3n) is 6.35. The second-order valence-electron chi connectivity index (χ2n) is 8.13. The molecule has 3 aliphatic rings. The van der Waals surface area contributed by atoms with Crippen molar-refractivity contribution < 1.29 is 9.59 Å². The van der Waals surface area contributed by atoms with Crippen LogP contribution in [0.3, 0.4) is 0 Å². The maximum atomic E-state index is 13.6. The van der Waals surface area contributed by atoms with Gasteiger partial charge in [-0.05, 0) is 62.3 Å². The van der Waals surface area contributed by atoms with E-state index < -0.39 is 5.41 Å². The van der Waals surface area contributed by atoms with Gasteiger partial charge in [0, 0.05) is 24.0 Å². The van der Waals surface area contributed by atoms with E-state index in [0.29, 0.717) is 19.4 Å². The summed E-state index contributed by atoms with van der Waals surface area (Å²) in [6.45, 7) is 2.78. The second-order valence-corrected chi connectivity index (χ2v) is 8.13. The van der Waals surface area contributed by atoms with Crippen molar-refractivity contribution >= 4 is 23.2 Å². The number of hydrogen-bond acceptors (Lipinski definition) is 2. The molecule has 138 valence electrons. The molecule has 1 saturated carbocycles. The van der Waals surface area contributed by atoms with Crippen molar-refractivity contribution in [2.45, 2.75) is 45.1 Å². The van der Waals surface area contributed by atoms with Crippen LogP contribution in [-0.4, -0.2) is 24.4 Å². The van der Waals surface area contributed by atoms with Crippen molar-refractivity contribution in [1.29, 1.82) is 0 Å². The first-order valence-electron chi connectivity index (χ1n) is 9.93. The van der Waals surface area contributed by atoms with E-state index in [1.54, 1.807) is 0 Å². The van der Waals surface area contributed by atoms with Gasteiger partial charge < -0.3 is 9.80 Å². The van der Waals surface area contributed by atoms with E-state index in [4.69, 9.17) is 0 Å². The van der Waals surface area contributed by atoms with Crippen LogP contribution in [0.25, 0.3) is 0 Å². The number of amides is 2. The van der Waals surface area contributed by atoms with Gasteiger partial charge in [0.1, 0.15) is 5.41 Å². The largest absolute Gasteiger partial charge is 0.311 e. The Hall–Kier alpha value is -2.62. The minimum Gasteiger partial charge on any atom is -0.311 e. The molecule has 0 radical (unpaired) electrons. The highest BCUT2D eigenvalue weighted by Crippen LogP contribution is 2.52. The fourth-order valence-corrected chi connectivity index (χ4v) is 4.75. The van der Waals surface area contributed by atoms with Gasteiger partial charge in [0.2, 0.25) is 11.8 Å². The molecule has 0 N–H and O–H groups in total. The van der Waals surface area contributed by atoms with Gasteiger partial charge in [0.05, 0.1) is 0 Å². The number of hydrogen-bond donors (Lipinski definition) is 0. The lowest BCUT2D eigenvalue weighted by atomic mass is 9.97. The number of aryl methyl sites for hydroxylation is 1. The van der Waals surface area contributed by atoms with Gasteiger partial charge in [-0.3, -0.25) is 9.59 Å². The van der Waals surface area contributed by atoms with E-state index in [1.165, 1.54) is 11.1 Å². The summed E-state index contributed by atoms with van der Waals surface area (Å²) in [5, 5.41) is 0. The normalized spacial score (nSPS) is 22.2. The molecule has 0 bridgehead atoms. The molecule has 1 unspecified atom stereocenters. The maximum Gasteiger partial charge on any atom is 0.242 e. The summed E-state index contributed by atoms with van der Waals surface area (Å²) < 4.78 is 0. The monoisotopic (exact) mass is 360 g/mol. The third-order valence-corrected chi connectivity index (χ3v) is 6.35. The predicted molar refractivity (Wildman–Crippen MR) is 106 cm³/mol. The molecule has 0 spiro atoms. The van der Waals surface area contributed by atoms with Crippen LogP contribution in [0.4, 0.5) is 11.4 Å². The standard InChI is InChI=1S/C23H24N2O2/c1-16-15-18-8-3-5-11-20(18)25(16)22(27)23(12-13-23)21(26)24-14-6-9-17-7-2-4-10-19(17)24/h2-5,7-8,10-11,16H,6,9,12-15H2,1H3. The van der Waals surface area contributed by atoms with Crippen molar-refractivity contribution in [1.82, 2.24) is 0 Å². The molecule has 2 aromatic rings. The molecule has 4 heteroatoms. The molecular formula is C23H24N2O2. The molecule has 2 aromatic carbocycles. The van der Waals surface area contributed by atoms with Crippen molar-refractivity contribution in [3.8, 4) is 0 Å². The molecule has 2 amide bonds.